The van der Waals surface area contributed by atoms with Gasteiger partial charge in [0.15, 0.2) is 17.3 Å². The molecule has 1 aliphatic carbocycles. The third kappa shape index (κ3) is 4.19. The number of benzene rings is 2. The molecule has 6 nitrogen and oxygen atoms in total. The highest BCUT2D eigenvalue weighted by molar-refractivity contribution is 5.95. The monoisotopic (exact) mass is 424 g/mol. The molecule has 8 heteroatoms. The van der Waals surface area contributed by atoms with Crippen molar-refractivity contribution in [1.82, 2.24) is 20.4 Å². The van der Waals surface area contributed by atoms with Gasteiger partial charge in [0.2, 0.25) is 0 Å². The second kappa shape index (κ2) is 8.67. The van der Waals surface area contributed by atoms with Gasteiger partial charge in [0.25, 0.3) is 11.8 Å². The quantitative estimate of drug-likeness (QED) is 0.638. The van der Waals surface area contributed by atoms with Gasteiger partial charge in [-0.3, -0.25) is 9.59 Å². The van der Waals surface area contributed by atoms with Crippen molar-refractivity contribution in [3.63, 3.8) is 0 Å². The van der Waals surface area contributed by atoms with Crippen molar-refractivity contribution >= 4 is 11.8 Å². The summed E-state index contributed by atoms with van der Waals surface area (Å²) in [6.45, 7) is 2.62. The third-order valence-corrected chi connectivity index (χ3v) is 5.27. The largest absolute Gasteiger partial charge is 0.352 e. The first-order valence-corrected chi connectivity index (χ1v) is 10.2. The minimum atomic E-state index is -0.960. The maximum atomic E-state index is 13.7. The maximum Gasteiger partial charge on any atom is 0.272 e. The van der Waals surface area contributed by atoms with Crippen LogP contribution in [0, 0.1) is 11.6 Å². The van der Waals surface area contributed by atoms with Crippen LogP contribution in [0.5, 0.6) is 0 Å². The van der Waals surface area contributed by atoms with Crippen LogP contribution in [0.3, 0.4) is 0 Å². The summed E-state index contributed by atoms with van der Waals surface area (Å²) in [5, 5.41) is 10.00. The van der Waals surface area contributed by atoms with Gasteiger partial charge in [-0.05, 0) is 56.0 Å². The van der Waals surface area contributed by atoms with E-state index in [4.69, 9.17) is 0 Å². The molecule has 1 aromatic heterocycles. The van der Waals surface area contributed by atoms with Crippen LogP contribution >= 0.6 is 0 Å². The molecule has 2 amide bonds. The number of aromatic nitrogens is 2. The minimum absolute atomic E-state index is 0.168. The Labute approximate surface area is 178 Å². The molecule has 0 bridgehead atoms. The fourth-order valence-corrected chi connectivity index (χ4v) is 3.80. The van der Waals surface area contributed by atoms with E-state index >= 15 is 0 Å². The summed E-state index contributed by atoms with van der Waals surface area (Å²) in [7, 11) is 0. The van der Waals surface area contributed by atoms with Crippen LogP contribution < -0.4 is 10.6 Å². The van der Waals surface area contributed by atoms with E-state index in [9.17, 15) is 18.4 Å². The van der Waals surface area contributed by atoms with Gasteiger partial charge in [0.1, 0.15) is 0 Å². The molecule has 0 saturated carbocycles. The van der Waals surface area contributed by atoms with Crippen LogP contribution in [0.15, 0.2) is 42.5 Å². The first-order valence-electron chi connectivity index (χ1n) is 10.2. The Bertz CT molecular complexity index is 1160. The second-order valence-corrected chi connectivity index (χ2v) is 7.38. The van der Waals surface area contributed by atoms with Crippen LogP contribution in [0.1, 0.15) is 51.0 Å². The standard InChI is InChI=1S/C23H22F2N4O2/c1-2-26-22(30)15-6-3-5-14(11-15)13-27-23(31)21-17-7-4-8-20(17)29(28-21)16-9-10-18(24)19(25)12-16/h3,5-6,9-12H,2,4,7-8,13H2,1H3,(H,26,30)(H,27,31). The van der Waals surface area contributed by atoms with Crippen molar-refractivity contribution in [2.24, 2.45) is 0 Å². The van der Waals surface area contributed by atoms with Gasteiger partial charge in [-0.2, -0.15) is 5.10 Å². The second-order valence-electron chi connectivity index (χ2n) is 7.38. The van der Waals surface area contributed by atoms with E-state index in [1.165, 1.54) is 10.7 Å². The summed E-state index contributed by atoms with van der Waals surface area (Å²) >= 11 is 0. The van der Waals surface area contributed by atoms with Gasteiger partial charge in [-0.1, -0.05) is 12.1 Å². The molecule has 0 saturated heterocycles. The fraction of sp³-hybridized carbons (Fsp3) is 0.261. The highest BCUT2D eigenvalue weighted by atomic mass is 19.2. The normalized spacial score (nSPS) is 12.5. The Morgan fingerprint density at radius 3 is 2.65 bits per heavy atom. The Balaban J connectivity index is 1.54. The maximum absolute atomic E-state index is 13.7. The lowest BCUT2D eigenvalue weighted by Crippen LogP contribution is -2.25. The van der Waals surface area contributed by atoms with Crippen molar-refractivity contribution in [3.8, 4) is 5.69 Å². The summed E-state index contributed by atoms with van der Waals surface area (Å²) in [6, 6.07) is 10.6. The van der Waals surface area contributed by atoms with E-state index in [2.05, 4.69) is 15.7 Å². The van der Waals surface area contributed by atoms with Crippen molar-refractivity contribution in [3.05, 3.63) is 82.2 Å². The van der Waals surface area contributed by atoms with Crippen molar-refractivity contribution in [2.75, 3.05) is 6.54 Å². The van der Waals surface area contributed by atoms with Crippen LogP contribution in [0.2, 0.25) is 0 Å². The number of nitrogens with zero attached hydrogens (tertiary/aromatic N) is 2. The molecule has 1 heterocycles. The number of halogens is 2. The van der Waals surface area contributed by atoms with Crippen molar-refractivity contribution in [1.29, 1.82) is 0 Å². The number of hydrogen-bond acceptors (Lipinski definition) is 3. The van der Waals surface area contributed by atoms with Crippen LogP contribution in [-0.2, 0) is 19.4 Å². The van der Waals surface area contributed by atoms with Crippen LogP contribution in [0.25, 0.3) is 5.69 Å². The Morgan fingerprint density at radius 2 is 1.87 bits per heavy atom. The summed E-state index contributed by atoms with van der Waals surface area (Å²) in [6.07, 6.45) is 2.28. The molecule has 2 N–H and O–H groups in total. The molecule has 160 valence electrons. The number of fused-ring (bicyclic) bond motifs is 1. The molecule has 2 aromatic carbocycles. The van der Waals surface area contributed by atoms with E-state index in [0.717, 1.165) is 35.4 Å². The lowest BCUT2D eigenvalue weighted by molar-refractivity contribution is 0.0942. The zero-order valence-corrected chi connectivity index (χ0v) is 17.0. The summed E-state index contributed by atoms with van der Waals surface area (Å²) in [5.74, 6) is -2.40. The number of amides is 2. The molecule has 0 atom stereocenters. The zero-order chi connectivity index (χ0) is 22.0. The predicted molar refractivity (Wildman–Crippen MR) is 111 cm³/mol. The van der Waals surface area contributed by atoms with Crippen molar-refractivity contribution < 1.29 is 18.4 Å². The topological polar surface area (TPSA) is 76.0 Å². The smallest absolute Gasteiger partial charge is 0.272 e. The molecule has 1 aliphatic rings. The molecule has 0 spiro atoms. The molecule has 0 fully saturated rings. The molecule has 0 unspecified atom stereocenters. The highest BCUT2D eigenvalue weighted by Gasteiger charge is 2.27. The molecule has 4 rings (SSSR count). The van der Waals surface area contributed by atoms with Gasteiger partial charge in [0, 0.05) is 36.0 Å². The van der Waals surface area contributed by atoms with E-state index < -0.39 is 11.6 Å². The van der Waals surface area contributed by atoms with Crippen LogP contribution in [0.4, 0.5) is 8.78 Å². The first kappa shape index (κ1) is 20.7. The number of hydrogen-bond donors (Lipinski definition) is 2. The fourth-order valence-electron chi connectivity index (χ4n) is 3.80. The van der Waals surface area contributed by atoms with E-state index in [-0.39, 0.29) is 24.1 Å². The third-order valence-electron chi connectivity index (χ3n) is 5.27. The SMILES string of the molecule is CCNC(=O)c1cccc(CNC(=O)c2nn(-c3ccc(F)c(F)c3)c3c2CCC3)c1. The minimum Gasteiger partial charge on any atom is -0.352 e. The van der Waals surface area contributed by atoms with E-state index in [0.29, 0.717) is 30.6 Å². The van der Waals surface area contributed by atoms with Gasteiger partial charge < -0.3 is 10.6 Å². The predicted octanol–water partition coefficient (Wildman–Crippen LogP) is 3.32. The van der Waals surface area contributed by atoms with E-state index in [1.807, 2.05) is 13.0 Å². The van der Waals surface area contributed by atoms with Gasteiger partial charge >= 0.3 is 0 Å². The summed E-state index contributed by atoms with van der Waals surface area (Å²) in [4.78, 5) is 24.9. The zero-order valence-electron chi connectivity index (χ0n) is 17.0. The number of carbonyl (C=O) groups excluding carboxylic acids is 2. The van der Waals surface area contributed by atoms with Gasteiger partial charge in [0.05, 0.1) is 5.69 Å². The van der Waals surface area contributed by atoms with E-state index in [1.54, 1.807) is 18.2 Å². The molecular formula is C23H22F2N4O2. The first-order chi connectivity index (χ1) is 15.0. The highest BCUT2D eigenvalue weighted by Crippen LogP contribution is 2.28. The number of rotatable bonds is 6. The van der Waals surface area contributed by atoms with Crippen molar-refractivity contribution in [2.45, 2.75) is 32.7 Å². The number of nitrogens with one attached hydrogen (secondary N) is 2. The molecule has 3 aromatic rings. The Kier molecular flexibility index (Phi) is 5.79. The van der Waals surface area contributed by atoms with Gasteiger partial charge in [-0.15, -0.1) is 0 Å². The lowest BCUT2D eigenvalue weighted by Gasteiger charge is -2.07. The Morgan fingerprint density at radius 1 is 1.03 bits per heavy atom. The molecule has 31 heavy (non-hydrogen) atoms. The molecule has 0 aliphatic heterocycles. The average molecular weight is 424 g/mol. The summed E-state index contributed by atoms with van der Waals surface area (Å²) < 4.78 is 28.5. The Hall–Kier alpha value is -3.55. The lowest BCUT2D eigenvalue weighted by atomic mass is 10.1. The molecule has 0 radical (unpaired) electrons. The molecular weight excluding hydrogens is 402 g/mol. The van der Waals surface area contributed by atoms with Crippen LogP contribution in [-0.4, -0.2) is 28.1 Å². The number of carbonyl (C=O) groups is 2. The van der Waals surface area contributed by atoms with Gasteiger partial charge in [-0.25, -0.2) is 13.5 Å². The average Bonchev–Trinajstić information content (AvgIpc) is 3.37. The summed E-state index contributed by atoms with van der Waals surface area (Å²) in [5.41, 5.74) is 3.65.